The minimum absolute atomic E-state index is 0.0404. The van der Waals surface area contributed by atoms with Crippen molar-refractivity contribution in [2.75, 3.05) is 18.5 Å². The third-order valence-electron chi connectivity index (χ3n) is 3.13. The molecule has 2 rings (SSSR count). The summed E-state index contributed by atoms with van der Waals surface area (Å²) in [5.41, 5.74) is 1.57. The average molecular weight is 302 g/mol. The lowest BCUT2D eigenvalue weighted by atomic mass is 10.2. The highest BCUT2D eigenvalue weighted by molar-refractivity contribution is 6.05. The van der Waals surface area contributed by atoms with Gasteiger partial charge in [0.1, 0.15) is 5.76 Å². The molecule has 3 N–H and O–H groups in total. The lowest BCUT2D eigenvalue weighted by molar-refractivity contribution is 0.0950. The third kappa shape index (κ3) is 3.95. The number of amides is 2. The van der Waals surface area contributed by atoms with Gasteiger partial charge in [0.05, 0.1) is 11.8 Å². The highest BCUT2D eigenvalue weighted by Gasteiger charge is 2.12. The number of carbonyl (C=O) groups excluding carboxylic acids is 2. The molecular formula is C16H18N2O4. The van der Waals surface area contributed by atoms with Crippen LogP contribution in [0.2, 0.25) is 0 Å². The Bertz CT molecular complexity index is 646. The molecule has 1 aromatic heterocycles. The van der Waals surface area contributed by atoms with Crippen molar-refractivity contribution in [2.24, 2.45) is 0 Å². The van der Waals surface area contributed by atoms with Gasteiger partial charge in [-0.2, -0.15) is 0 Å². The van der Waals surface area contributed by atoms with Gasteiger partial charge < -0.3 is 20.2 Å². The van der Waals surface area contributed by atoms with Crippen molar-refractivity contribution in [2.45, 2.75) is 13.3 Å². The molecule has 0 atom stereocenters. The van der Waals surface area contributed by atoms with Gasteiger partial charge >= 0.3 is 0 Å². The molecule has 0 saturated heterocycles. The lowest BCUT2D eigenvalue weighted by Crippen LogP contribution is -2.25. The van der Waals surface area contributed by atoms with E-state index < -0.39 is 0 Å². The number of benzene rings is 1. The van der Waals surface area contributed by atoms with Crippen LogP contribution < -0.4 is 10.6 Å². The van der Waals surface area contributed by atoms with Crippen LogP contribution in [0.1, 0.15) is 32.9 Å². The number of aliphatic hydroxyl groups excluding tert-OH is 1. The largest absolute Gasteiger partial charge is 0.469 e. The molecule has 1 aromatic carbocycles. The van der Waals surface area contributed by atoms with Crippen molar-refractivity contribution in [1.82, 2.24) is 5.32 Å². The van der Waals surface area contributed by atoms with Gasteiger partial charge in [-0.15, -0.1) is 0 Å². The zero-order valence-electron chi connectivity index (χ0n) is 12.3. The molecule has 1 heterocycles. The number of rotatable bonds is 6. The third-order valence-corrected chi connectivity index (χ3v) is 3.13. The summed E-state index contributed by atoms with van der Waals surface area (Å²) in [6.45, 7) is 2.18. The molecule has 0 aliphatic heterocycles. The van der Waals surface area contributed by atoms with E-state index in [1.807, 2.05) is 0 Å². The van der Waals surface area contributed by atoms with E-state index in [1.165, 1.54) is 6.26 Å². The van der Waals surface area contributed by atoms with Crippen molar-refractivity contribution in [3.8, 4) is 0 Å². The Morgan fingerprint density at radius 3 is 2.45 bits per heavy atom. The van der Waals surface area contributed by atoms with Gasteiger partial charge in [-0.3, -0.25) is 9.59 Å². The first-order valence-corrected chi connectivity index (χ1v) is 6.96. The van der Waals surface area contributed by atoms with Gasteiger partial charge in [-0.05, 0) is 43.7 Å². The van der Waals surface area contributed by atoms with Crippen LogP contribution in [0.25, 0.3) is 0 Å². The monoisotopic (exact) mass is 302 g/mol. The summed E-state index contributed by atoms with van der Waals surface area (Å²) in [5.74, 6) is 0.0841. The smallest absolute Gasteiger partial charge is 0.259 e. The summed E-state index contributed by atoms with van der Waals surface area (Å²) in [4.78, 5) is 23.8. The fourth-order valence-corrected chi connectivity index (χ4v) is 1.91. The second-order valence-corrected chi connectivity index (χ2v) is 4.75. The first kappa shape index (κ1) is 15.8. The molecule has 6 nitrogen and oxygen atoms in total. The second-order valence-electron chi connectivity index (χ2n) is 4.75. The maximum atomic E-state index is 12.0. The van der Waals surface area contributed by atoms with Crippen molar-refractivity contribution in [3.05, 3.63) is 53.5 Å². The van der Waals surface area contributed by atoms with Gasteiger partial charge in [0.25, 0.3) is 11.8 Å². The van der Waals surface area contributed by atoms with Gasteiger partial charge in [-0.1, -0.05) is 0 Å². The highest BCUT2D eigenvalue weighted by Crippen LogP contribution is 2.14. The molecule has 116 valence electrons. The topological polar surface area (TPSA) is 91.6 Å². The molecule has 0 spiro atoms. The van der Waals surface area contributed by atoms with Gasteiger partial charge in [-0.25, -0.2) is 0 Å². The molecule has 0 saturated carbocycles. The number of aryl methyl sites for hydroxylation is 1. The van der Waals surface area contributed by atoms with Crippen LogP contribution >= 0.6 is 0 Å². The Morgan fingerprint density at radius 1 is 1.14 bits per heavy atom. The summed E-state index contributed by atoms with van der Waals surface area (Å²) in [6.07, 6.45) is 1.98. The lowest BCUT2D eigenvalue weighted by Gasteiger charge is -2.07. The van der Waals surface area contributed by atoms with Crippen LogP contribution in [0.3, 0.4) is 0 Å². The molecule has 0 aliphatic rings. The average Bonchev–Trinajstić information content (AvgIpc) is 2.94. The number of aliphatic hydroxyl groups is 1. The Kier molecular flexibility index (Phi) is 5.32. The maximum Gasteiger partial charge on any atom is 0.259 e. The molecular weight excluding hydrogens is 284 g/mol. The molecule has 2 aromatic rings. The zero-order valence-corrected chi connectivity index (χ0v) is 12.3. The van der Waals surface area contributed by atoms with E-state index in [0.717, 1.165) is 0 Å². The van der Waals surface area contributed by atoms with Crippen LogP contribution in [0.4, 0.5) is 5.69 Å². The van der Waals surface area contributed by atoms with Crippen molar-refractivity contribution >= 4 is 17.5 Å². The number of carbonyl (C=O) groups is 2. The van der Waals surface area contributed by atoms with Crippen LogP contribution in [0.5, 0.6) is 0 Å². The molecule has 0 aliphatic carbocycles. The number of anilines is 1. The Morgan fingerprint density at radius 2 is 1.86 bits per heavy atom. The predicted octanol–water partition coefficient (Wildman–Crippen LogP) is 1.95. The van der Waals surface area contributed by atoms with Crippen LogP contribution in [0.15, 0.2) is 41.0 Å². The Balaban J connectivity index is 1.96. The molecule has 0 bridgehead atoms. The van der Waals surface area contributed by atoms with Gasteiger partial charge in [0.15, 0.2) is 0 Å². The Hall–Kier alpha value is -2.60. The van der Waals surface area contributed by atoms with E-state index in [2.05, 4.69) is 10.6 Å². The predicted molar refractivity (Wildman–Crippen MR) is 81.9 cm³/mol. The summed E-state index contributed by atoms with van der Waals surface area (Å²) >= 11 is 0. The SMILES string of the molecule is Cc1occc1C(=O)Nc1ccc(C(=O)NCCCO)cc1. The normalized spacial score (nSPS) is 10.3. The molecule has 0 radical (unpaired) electrons. The second kappa shape index (κ2) is 7.42. The summed E-state index contributed by atoms with van der Waals surface area (Å²) in [6, 6.07) is 8.19. The fraction of sp³-hybridized carbons (Fsp3) is 0.250. The van der Waals surface area contributed by atoms with Crippen LogP contribution in [-0.4, -0.2) is 30.1 Å². The first-order chi connectivity index (χ1) is 10.6. The molecule has 0 unspecified atom stereocenters. The zero-order chi connectivity index (χ0) is 15.9. The van der Waals surface area contributed by atoms with E-state index >= 15 is 0 Å². The summed E-state index contributed by atoms with van der Waals surface area (Å²) < 4.78 is 5.09. The van der Waals surface area contributed by atoms with Crippen LogP contribution in [0, 0.1) is 6.92 Å². The van der Waals surface area contributed by atoms with Gasteiger partial charge in [0.2, 0.25) is 0 Å². The van der Waals surface area contributed by atoms with Crippen molar-refractivity contribution < 1.29 is 19.1 Å². The number of hydrogen-bond donors (Lipinski definition) is 3. The first-order valence-electron chi connectivity index (χ1n) is 6.96. The number of nitrogens with one attached hydrogen (secondary N) is 2. The summed E-state index contributed by atoms with van der Waals surface area (Å²) in [5, 5.41) is 14.1. The highest BCUT2D eigenvalue weighted by atomic mass is 16.3. The van der Waals surface area contributed by atoms with E-state index in [4.69, 9.17) is 9.52 Å². The molecule has 6 heteroatoms. The standard InChI is InChI=1S/C16H18N2O4/c1-11-14(7-10-22-11)16(21)18-13-5-3-12(4-6-13)15(20)17-8-2-9-19/h3-7,10,19H,2,8-9H2,1H3,(H,17,20)(H,18,21). The fourth-order valence-electron chi connectivity index (χ4n) is 1.91. The van der Waals surface area contributed by atoms with Crippen molar-refractivity contribution in [3.63, 3.8) is 0 Å². The van der Waals surface area contributed by atoms with E-state index in [0.29, 0.717) is 35.5 Å². The van der Waals surface area contributed by atoms with E-state index in [-0.39, 0.29) is 18.4 Å². The van der Waals surface area contributed by atoms with E-state index in [1.54, 1.807) is 37.3 Å². The van der Waals surface area contributed by atoms with Gasteiger partial charge in [0, 0.05) is 24.4 Å². The Labute approximate surface area is 128 Å². The molecule has 0 fully saturated rings. The van der Waals surface area contributed by atoms with Crippen LogP contribution in [-0.2, 0) is 0 Å². The molecule has 2 amide bonds. The molecule has 22 heavy (non-hydrogen) atoms. The number of furan rings is 1. The van der Waals surface area contributed by atoms with E-state index in [9.17, 15) is 9.59 Å². The number of hydrogen-bond acceptors (Lipinski definition) is 4. The summed E-state index contributed by atoms with van der Waals surface area (Å²) in [7, 11) is 0. The maximum absolute atomic E-state index is 12.0. The quantitative estimate of drug-likeness (QED) is 0.711. The van der Waals surface area contributed by atoms with Crippen molar-refractivity contribution in [1.29, 1.82) is 0 Å². The minimum atomic E-state index is -0.258. The minimum Gasteiger partial charge on any atom is -0.469 e.